The zero-order chi connectivity index (χ0) is 70.3. The van der Waals surface area contributed by atoms with Gasteiger partial charge in [-0.05, 0) is 195 Å². The Balaban J connectivity index is 0.000000164. The highest BCUT2D eigenvalue weighted by atomic mass is 79.9. The van der Waals surface area contributed by atoms with E-state index in [1.54, 1.807) is 24.3 Å². The van der Waals surface area contributed by atoms with Crippen molar-refractivity contribution < 1.29 is 82.2 Å². The van der Waals surface area contributed by atoms with E-state index in [1.165, 1.54) is 75.5 Å². The molecule has 15 rings (SSSR count). The van der Waals surface area contributed by atoms with Crippen LogP contribution in [0.25, 0.3) is 22.3 Å². The lowest BCUT2D eigenvalue weighted by Crippen LogP contribution is -2.44. The number of likely N-dealkylation sites (tertiary alicyclic amines) is 3. The maximum absolute atomic E-state index is 12.6. The lowest BCUT2D eigenvalue weighted by atomic mass is 9.88. The number of hydrogen-bond acceptors (Lipinski definition) is 14. The van der Waals surface area contributed by atoms with Crippen LogP contribution in [0, 0.1) is 16.2 Å². The molecule has 6 aromatic rings. The molecule has 22 heteroatoms. The van der Waals surface area contributed by atoms with E-state index in [9.17, 15) is 39.0 Å². The van der Waals surface area contributed by atoms with Crippen molar-refractivity contribution in [3.05, 3.63) is 165 Å². The van der Waals surface area contributed by atoms with Gasteiger partial charge in [-0.15, -0.1) is 0 Å². The number of halogens is 1. The number of carbonyl (C=O) groups excluding carboxylic acids is 3. The molecular formula is C81H100BBrN3O17. The van der Waals surface area contributed by atoms with Gasteiger partial charge >= 0.3 is 25.6 Å². The topological polar surface area (TPSA) is 258 Å². The fourth-order valence-electron chi connectivity index (χ4n) is 16.4. The monoisotopic (exact) mass is 1480 g/mol. The second-order valence-electron chi connectivity index (χ2n) is 27.9. The normalized spacial score (nSPS) is 22.4. The lowest BCUT2D eigenvalue weighted by Gasteiger charge is -2.34. The van der Waals surface area contributed by atoms with Crippen molar-refractivity contribution >= 4 is 59.2 Å². The molecule has 3 saturated carbocycles. The van der Waals surface area contributed by atoms with Gasteiger partial charge in [-0.25, -0.2) is 14.4 Å². The van der Waals surface area contributed by atoms with E-state index in [4.69, 9.17) is 38.6 Å². The molecule has 0 aromatic heterocycles. The lowest BCUT2D eigenvalue weighted by molar-refractivity contribution is -0.143. The quantitative estimate of drug-likeness (QED) is 0.0657. The highest BCUT2D eigenvalue weighted by Crippen LogP contribution is 2.67. The van der Waals surface area contributed by atoms with Crippen LogP contribution in [-0.4, -0.2) is 177 Å². The molecule has 1 unspecified atom stereocenters. The molecule has 0 bridgehead atoms. The summed E-state index contributed by atoms with van der Waals surface area (Å²) in [6.07, 6.45) is 15.1. The average Bonchev–Trinajstić information content (AvgIpc) is 1.59. The predicted octanol–water partition coefficient (Wildman–Crippen LogP) is 14.6. The third kappa shape index (κ3) is 17.4. The van der Waals surface area contributed by atoms with Crippen LogP contribution in [0.15, 0.2) is 132 Å². The minimum atomic E-state index is -1.12. The average molecular weight is 1480 g/mol. The van der Waals surface area contributed by atoms with Crippen molar-refractivity contribution in [2.24, 2.45) is 16.2 Å². The first-order valence-corrected chi connectivity index (χ1v) is 35.7. The van der Waals surface area contributed by atoms with Crippen molar-refractivity contribution in [3.63, 3.8) is 0 Å². The second kappa shape index (κ2) is 34.5. The molecule has 3 amide bonds. The molecule has 6 aliphatic heterocycles. The Morgan fingerprint density at radius 3 is 1.02 bits per heavy atom. The molecule has 3 aliphatic carbocycles. The zero-order valence-corrected chi connectivity index (χ0v) is 58.5. The first-order valence-electron chi connectivity index (χ1n) is 34.9. The number of carboxylic acid groups (broad SMARTS) is 3. The Kier molecular flexibility index (Phi) is 26.4. The van der Waals surface area contributed by atoms with Crippen molar-refractivity contribution in [2.45, 2.75) is 155 Å². The highest BCUT2D eigenvalue weighted by molar-refractivity contribution is 9.10. The van der Waals surface area contributed by atoms with E-state index in [1.807, 2.05) is 26.8 Å². The van der Waals surface area contributed by atoms with Crippen LogP contribution in [0.4, 0.5) is 0 Å². The van der Waals surface area contributed by atoms with Crippen molar-refractivity contribution in [2.75, 3.05) is 80.4 Å². The molecule has 3 spiro atoms. The predicted molar refractivity (Wildman–Crippen MR) is 397 cm³/mol. The van der Waals surface area contributed by atoms with Gasteiger partial charge in [0.25, 0.3) is 17.7 Å². The van der Waals surface area contributed by atoms with Crippen LogP contribution in [0.3, 0.4) is 0 Å². The fourth-order valence-corrected chi connectivity index (χ4v) is 16.7. The molecule has 9 aliphatic rings. The third-order valence-corrected chi connectivity index (χ3v) is 22.9. The van der Waals surface area contributed by atoms with Gasteiger partial charge in [0.1, 0.15) is 52.3 Å². The molecule has 6 aromatic carbocycles. The number of nitrogens with zero attached hydrogens (tertiary/aromatic N) is 3. The summed E-state index contributed by atoms with van der Waals surface area (Å²) in [6.45, 7) is 7.28. The van der Waals surface area contributed by atoms with Gasteiger partial charge in [-0.2, -0.15) is 0 Å². The number of hydrogen-bond donors (Lipinski definition) is 4. The number of piperidine rings is 3. The molecular weight excluding hydrogens is 1380 g/mol. The van der Waals surface area contributed by atoms with Crippen LogP contribution < -0.4 is 18.9 Å². The fraction of sp³-hybridized carbons (Fsp3) is 0.481. The van der Waals surface area contributed by atoms with E-state index in [-0.39, 0.29) is 86.5 Å². The molecule has 103 heavy (non-hydrogen) atoms. The summed E-state index contributed by atoms with van der Waals surface area (Å²) in [5.74, 6) is 0.228. The van der Waals surface area contributed by atoms with Gasteiger partial charge in [0.15, 0.2) is 5.75 Å². The summed E-state index contributed by atoms with van der Waals surface area (Å²) in [5, 5.41) is 36.1. The van der Waals surface area contributed by atoms with E-state index >= 15 is 0 Å². The van der Waals surface area contributed by atoms with Gasteiger partial charge in [0.05, 0.1) is 21.3 Å². The Morgan fingerprint density at radius 1 is 0.437 bits per heavy atom. The van der Waals surface area contributed by atoms with Crippen LogP contribution in [0.5, 0.6) is 23.0 Å². The van der Waals surface area contributed by atoms with E-state index in [0.717, 1.165) is 150 Å². The first-order chi connectivity index (χ1) is 48.4. The number of benzene rings is 6. The SMILES string of the molecule is C.C.C.COc1c(C(=O)O)cccc1-c1ccc([C@@H]2CC23CCN(C(=O)[C@H]2CCCO2)CC3)cc1.COc1c(C(=O)O)cccc1-c1ccc([C@H]2CC23CCN(C(=O)[C@H]2CCCO2)CC3)cc1.COc1c(O[B]O)cccc1C(=O)O.O=C([C@H]1CCCO1)N1CCC2(CC1)CC2c1ccc(Br)cc1. The van der Waals surface area contributed by atoms with Crippen molar-refractivity contribution in [1.82, 2.24) is 14.7 Å². The molecule has 6 atom stereocenters. The van der Waals surface area contributed by atoms with Gasteiger partial charge in [-0.3, -0.25) is 14.4 Å². The molecule has 6 heterocycles. The number of carbonyl (C=O) groups is 6. The van der Waals surface area contributed by atoms with Crippen LogP contribution in [0.2, 0.25) is 0 Å². The molecule has 551 valence electrons. The summed E-state index contributed by atoms with van der Waals surface area (Å²) >= 11 is 3.50. The van der Waals surface area contributed by atoms with Crippen LogP contribution in [-0.2, 0) is 28.6 Å². The van der Waals surface area contributed by atoms with Gasteiger partial charge in [-0.1, -0.05) is 129 Å². The van der Waals surface area contributed by atoms with E-state index in [2.05, 4.69) is 93.4 Å². The van der Waals surface area contributed by atoms with E-state index in [0.29, 0.717) is 66.4 Å². The molecule has 4 N–H and O–H groups in total. The standard InChI is InChI=1S/2C26H29NO5.C18H22BrNO2.C8H8BO5.3CH4/c2*1-31-23-19(4-2-5-20(23)25(29)30)17-7-9-18(10-8-17)21-16-26(21)11-13-27(14-12-26)24(28)22-6-3-15-32-22;19-14-5-3-13(4-6-14)15-12-18(15)7-9-20(10-8-18)17(21)16-2-1-11-22-16;1-13-7-5(8(10)11)3-2-4-6(7)14-9-12;;;/h2*2,4-5,7-10,21-22H,3,6,11-16H2,1H3,(H,29,30);3-6,15-16H,1-2,7-12H2;2-4,12H,1H3,(H,10,11);3*1H4/t21-,22+;21-,22-;15?,16-;;;;/m011..../s1. The van der Waals surface area contributed by atoms with Crippen molar-refractivity contribution in [3.8, 4) is 45.3 Å². The number of aromatic carboxylic acids is 3. The Bertz CT molecular complexity index is 3740. The summed E-state index contributed by atoms with van der Waals surface area (Å²) in [6, 6.07) is 40.4. The Hall–Kier alpha value is -8.28. The smallest absolute Gasteiger partial charge is 0.535 e. The minimum Gasteiger partial charge on any atom is -0.535 e. The summed E-state index contributed by atoms with van der Waals surface area (Å²) < 4.78 is 38.2. The Morgan fingerprint density at radius 2 is 0.738 bits per heavy atom. The zero-order valence-electron chi connectivity index (χ0n) is 57.0. The van der Waals surface area contributed by atoms with E-state index < -0.39 is 17.9 Å². The maximum atomic E-state index is 12.6. The maximum Gasteiger partial charge on any atom is 0.569 e. The minimum absolute atomic E-state index is 0. The van der Waals surface area contributed by atoms with Crippen LogP contribution in [0.1, 0.15) is 184 Å². The Labute approximate surface area is 614 Å². The second-order valence-corrected chi connectivity index (χ2v) is 28.8. The number of ether oxygens (including phenoxy) is 6. The molecule has 1 radical (unpaired) electrons. The summed E-state index contributed by atoms with van der Waals surface area (Å²) in [4.78, 5) is 77.5. The summed E-state index contributed by atoms with van der Waals surface area (Å²) in [7, 11) is 4.79. The van der Waals surface area contributed by atoms with Crippen LogP contribution >= 0.6 is 15.9 Å². The van der Waals surface area contributed by atoms with Gasteiger partial charge < -0.3 is 68.1 Å². The highest BCUT2D eigenvalue weighted by Gasteiger charge is 2.58. The number of methoxy groups -OCH3 is 3. The first kappa shape index (κ1) is 78.9. The number of para-hydroxylation sites is 3. The molecule has 6 saturated heterocycles. The van der Waals surface area contributed by atoms with Gasteiger partial charge in [0, 0.05) is 74.7 Å². The third-order valence-electron chi connectivity index (χ3n) is 22.4. The van der Waals surface area contributed by atoms with Crippen molar-refractivity contribution in [1.29, 1.82) is 0 Å². The number of carboxylic acids is 3. The van der Waals surface area contributed by atoms with Gasteiger partial charge in [0.2, 0.25) is 0 Å². The molecule has 9 fully saturated rings. The molecule has 20 nitrogen and oxygen atoms in total. The largest absolute Gasteiger partial charge is 0.569 e. The summed E-state index contributed by atoms with van der Waals surface area (Å²) in [5.41, 5.74) is 8.96. The number of amides is 3. The number of rotatable bonds is 16.